The maximum Gasteiger partial charge on any atom is 0.0515 e. The van der Waals surface area contributed by atoms with Crippen LogP contribution in [0.4, 0.5) is 11.4 Å². The number of nitrogens with one attached hydrogen (secondary N) is 1. The van der Waals surface area contributed by atoms with Crippen molar-refractivity contribution in [3.8, 4) is 22.3 Å². The molecule has 0 aliphatic carbocycles. The highest BCUT2D eigenvalue weighted by Crippen LogP contribution is 2.48. The van der Waals surface area contributed by atoms with E-state index in [1.807, 2.05) is 52.8 Å². The number of rotatable bonds is 9. The minimum absolute atomic E-state index is 0.712. The van der Waals surface area contributed by atoms with E-state index in [2.05, 4.69) is 145 Å². The summed E-state index contributed by atoms with van der Waals surface area (Å²) in [6, 6.07) is 26.4. The van der Waals surface area contributed by atoms with Gasteiger partial charge in [-0.2, -0.15) is 0 Å². The van der Waals surface area contributed by atoms with Gasteiger partial charge in [0.05, 0.1) is 5.52 Å². The van der Waals surface area contributed by atoms with Crippen LogP contribution in [-0.4, -0.2) is 4.57 Å². The lowest BCUT2D eigenvalue weighted by molar-refractivity contribution is 0.854. The van der Waals surface area contributed by atoms with Crippen molar-refractivity contribution in [2.24, 2.45) is 0 Å². The number of hydrogen-bond acceptors (Lipinski definition) is 1. The molecule has 48 heavy (non-hydrogen) atoms. The minimum Gasteiger partial charge on any atom is -0.354 e. The van der Waals surface area contributed by atoms with Gasteiger partial charge in [0.1, 0.15) is 0 Å². The van der Waals surface area contributed by atoms with E-state index >= 15 is 0 Å². The molecule has 0 bridgehead atoms. The fraction of sp³-hybridized carbons (Fsp3) is 0.130. The number of fused-ring (bicyclic) bond motifs is 3. The van der Waals surface area contributed by atoms with E-state index in [0.29, 0.717) is 6.54 Å². The molecule has 1 aliphatic rings. The Morgan fingerprint density at radius 1 is 0.625 bits per heavy atom. The van der Waals surface area contributed by atoms with Crippen LogP contribution in [0.1, 0.15) is 45.9 Å². The largest absolute Gasteiger partial charge is 0.354 e. The van der Waals surface area contributed by atoms with Gasteiger partial charge in [-0.1, -0.05) is 169 Å². The Bertz CT molecular complexity index is 1970. The average Bonchev–Trinajstić information content (AvgIpc) is 3.42. The summed E-state index contributed by atoms with van der Waals surface area (Å²) in [7, 11) is 0. The third-order valence-corrected chi connectivity index (χ3v) is 7.63. The van der Waals surface area contributed by atoms with Gasteiger partial charge < -0.3 is 9.88 Å². The highest BCUT2D eigenvalue weighted by molar-refractivity contribution is 6.17. The van der Waals surface area contributed by atoms with Crippen molar-refractivity contribution in [1.29, 1.82) is 0 Å². The molecular formula is C46H50N2. The van der Waals surface area contributed by atoms with Gasteiger partial charge in [0, 0.05) is 45.5 Å². The molecule has 244 valence electrons. The lowest BCUT2D eigenvalue weighted by Crippen LogP contribution is -2.03. The van der Waals surface area contributed by atoms with Gasteiger partial charge >= 0.3 is 0 Å². The average molecular weight is 631 g/mol. The van der Waals surface area contributed by atoms with E-state index in [4.69, 9.17) is 0 Å². The molecule has 5 aromatic rings. The Morgan fingerprint density at radius 3 is 2.00 bits per heavy atom. The van der Waals surface area contributed by atoms with Gasteiger partial charge in [0.2, 0.25) is 0 Å². The van der Waals surface area contributed by atoms with Gasteiger partial charge in [-0.3, -0.25) is 0 Å². The quantitative estimate of drug-likeness (QED) is 0.124. The number of nitrogens with zero attached hydrogens (tertiary/aromatic N) is 1. The topological polar surface area (TPSA) is 17.0 Å². The molecule has 0 fully saturated rings. The molecule has 0 atom stereocenters. The number of allylic oxidation sites excluding steroid dienone is 10. The summed E-state index contributed by atoms with van der Waals surface area (Å²) < 4.78 is 2.34. The molecule has 0 saturated carbocycles. The van der Waals surface area contributed by atoms with Crippen molar-refractivity contribution in [3.05, 3.63) is 171 Å². The Kier molecular flexibility index (Phi) is 14.7. The highest BCUT2D eigenvalue weighted by atomic mass is 15.0. The Balaban J connectivity index is 0.000000717. The smallest absolute Gasteiger partial charge is 0.0515 e. The van der Waals surface area contributed by atoms with Gasteiger partial charge in [0.25, 0.3) is 0 Å². The van der Waals surface area contributed by atoms with Crippen molar-refractivity contribution in [2.45, 2.75) is 41.2 Å². The standard InChI is InChI=1S/C38H32N2.C4H6.2C2H6/c1-4-7-9-14-21-36-29(18-11-8-5-2)33-25-32-31-23-22-28(27-16-12-10-13-17-27)30-19-15-20-34(38(30)31)39-35(32)26-37(33)40(36)24-6-3;1-3-4-2;2*1-2/h4-23,25-26,39H,1,3,24H2,2H3;3-4H,1-2H2;2*1-2H3/b8-5+,9-7-,18-11+,21-14-;;;. The van der Waals surface area contributed by atoms with E-state index in [0.717, 1.165) is 17.1 Å². The Hall–Kier alpha value is -5.60. The lowest BCUT2D eigenvalue weighted by Gasteiger charge is -2.24. The van der Waals surface area contributed by atoms with Crippen molar-refractivity contribution >= 4 is 45.2 Å². The molecule has 1 aromatic heterocycles. The zero-order valence-corrected chi connectivity index (χ0v) is 29.3. The van der Waals surface area contributed by atoms with Crippen molar-refractivity contribution in [3.63, 3.8) is 0 Å². The normalized spacial score (nSPS) is 11.3. The van der Waals surface area contributed by atoms with Crippen LogP contribution < -0.4 is 5.32 Å². The minimum atomic E-state index is 0.712. The number of aromatic nitrogens is 1. The van der Waals surface area contributed by atoms with Crippen LogP contribution in [0.3, 0.4) is 0 Å². The second-order valence-corrected chi connectivity index (χ2v) is 10.3. The molecule has 1 N–H and O–H groups in total. The third kappa shape index (κ3) is 8.03. The lowest BCUT2D eigenvalue weighted by atomic mass is 9.87. The van der Waals surface area contributed by atoms with Crippen molar-refractivity contribution in [1.82, 2.24) is 4.57 Å². The maximum absolute atomic E-state index is 4.06. The molecule has 2 heteroatoms. The first-order valence-electron chi connectivity index (χ1n) is 16.8. The van der Waals surface area contributed by atoms with E-state index < -0.39 is 0 Å². The molecule has 0 spiro atoms. The Labute approximate surface area is 288 Å². The van der Waals surface area contributed by atoms with Crippen LogP contribution in [0, 0.1) is 0 Å². The summed E-state index contributed by atoms with van der Waals surface area (Å²) in [5, 5.41) is 7.52. The zero-order chi connectivity index (χ0) is 34.9. The molecule has 6 rings (SSSR count). The van der Waals surface area contributed by atoms with Crippen LogP contribution in [0.15, 0.2) is 160 Å². The van der Waals surface area contributed by atoms with E-state index in [1.54, 1.807) is 18.2 Å². The fourth-order valence-electron chi connectivity index (χ4n) is 5.75. The predicted molar refractivity (Wildman–Crippen MR) is 219 cm³/mol. The van der Waals surface area contributed by atoms with Crippen LogP contribution in [0.25, 0.3) is 56.1 Å². The van der Waals surface area contributed by atoms with Gasteiger partial charge in [0.15, 0.2) is 0 Å². The van der Waals surface area contributed by atoms with Crippen LogP contribution in [-0.2, 0) is 6.54 Å². The summed E-state index contributed by atoms with van der Waals surface area (Å²) in [6.07, 6.45) is 23.7. The first-order chi connectivity index (χ1) is 23.7. The Morgan fingerprint density at radius 2 is 1.33 bits per heavy atom. The van der Waals surface area contributed by atoms with Gasteiger partial charge in [-0.25, -0.2) is 0 Å². The predicted octanol–water partition coefficient (Wildman–Crippen LogP) is 14.1. The molecule has 1 aliphatic heterocycles. The second-order valence-electron chi connectivity index (χ2n) is 10.3. The van der Waals surface area contributed by atoms with Crippen LogP contribution >= 0.6 is 0 Å². The van der Waals surface area contributed by atoms with Crippen LogP contribution in [0.5, 0.6) is 0 Å². The summed E-state index contributed by atoms with van der Waals surface area (Å²) in [5.41, 5.74) is 10.7. The monoisotopic (exact) mass is 630 g/mol. The van der Waals surface area contributed by atoms with E-state index in [9.17, 15) is 0 Å². The second kappa shape index (κ2) is 19.2. The fourth-order valence-corrected chi connectivity index (χ4v) is 5.75. The van der Waals surface area contributed by atoms with E-state index in [1.165, 1.54) is 49.5 Å². The summed E-state index contributed by atoms with van der Waals surface area (Å²) in [4.78, 5) is 0. The zero-order valence-electron chi connectivity index (χ0n) is 29.3. The number of hydrogen-bond donors (Lipinski definition) is 1. The number of benzene rings is 4. The summed E-state index contributed by atoms with van der Waals surface area (Å²) >= 11 is 0. The first-order valence-corrected chi connectivity index (χ1v) is 16.8. The van der Waals surface area contributed by atoms with Crippen molar-refractivity contribution < 1.29 is 0 Å². The first kappa shape index (κ1) is 36.9. The number of anilines is 2. The molecule has 0 radical (unpaired) electrons. The molecule has 0 saturated heterocycles. The summed E-state index contributed by atoms with van der Waals surface area (Å²) in [6.45, 7) is 25.3. The maximum atomic E-state index is 4.06. The SMILES string of the molecule is C=C/C=C\C=C/c1c(/C=C/C=C/C)c2cc3c(cc2n1CC=C)Nc1cccc2c(-c4ccccc4)ccc-3c12.C=CC=C.CC.CC. The molecule has 2 heterocycles. The third-order valence-electron chi connectivity index (χ3n) is 7.63. The van der Waals surface area contributed by atoms with Crippen molar-refractivity contribution in [2.75, 3.05) is 5.32 Å². The molecule has 4 aromatic carbocycles. The van der Waals surface area contributed by atoms with Crippen LogP contribution in [0.2, 0.25) is 0 Å². The van der Waals surface area contributed by atoms with Gasteiger partial charge in [-0.05, 0) is 53.3 Å². The highest BCUT2D eigenvalue weighted by Gasteiger charge is 2.23. The summed E-state index contributed by atoms with van der Waals surface area (Å²) in [5.74, 6) is 0. The van der Waals surface area contributed by atoms with E-state index in [-0.39, 0.29) is 0 Å². The molecular weight excluding hydrogens is 581 g/mol. The molecule has 2 nitrogen and oxygen atoms in total. The molecule has 0 amide bonds. The van der Waals surface area contributed by atoms with Gasteiger partial charge in [-0.15, -0.1) is 6.58 Å². The molecule has 0 unspecified atom stereocenters.